The molecule has 0 aliphatic heterocycles. The van der Waals surface area contributed by atoms with Crippen LogP contribution in [0.15, 0.2) is 485 Å². The van der Waals surface area contributed by atoms with Gasteiger partial charge in [-0.2, -0.15) is 0 Å². The van der Waals surface area contributed by atoms with Crippen LogP contribution in [0.2, 0.25) is 0 Å². The highest BCUT2D eigenvalue weighted by molar-refractivity contribution is 6.35. The average Bonchev–Trinajstić information content (AvgIpc) is 0.718. The minimum atomic E-state index is 1.11. The van der Waals surface area contributed by atoms with Crippen molar-refractivity contribution in [3.63, 3.8) is 0 Å². The third kappa shape index (κ3) is 12.8. The highest BCUT2D eigenvalue weighted by Gasteiger charge is 2.24. The van der Waals surface area contributed by atoms with Gasteiger partial charge in [-0.25, -0.2) is 0 Å². The Bertz CT molecular complexity index is 8260. The molecule has 4 heteroatoms. The molecule has 0 amide bonds. The van der Waals surface area contributed by atoms with Crippen LogP contribution in [0.3, 0.4) is 0 Å². The van der Waals surface area contributed by atoms with E-state index in [4.69, 9.17) is 0 Å². The minimum absolute atomic E-state index is 1.11. The van der Waals surface area contributed by atoms with Crippen molar-refractivity contribution >= 4 is 219 Å². The molecule has 26 aromatic carbocycles. The Morgan fingerprint density at radius 1 is 0.0938 bits per heavy atom. The fourth-order valence-electron chi connectivity index (χ4n) is 20.5. The number of hydrogen-bond acceptors (Lipinski definition) is 4. The molecule has 596 valence electrons. The summed E-state index contributed by atoms with van der Waals surface area (Å²) in [5, 5.41) is 35.7. The van der Waals surface area contributed by atoms with Crippen LogP contribution < -0.4 is 19.6 Å². The SMILES string of the molecule is c1ccc(N(c2ccc(-c3ccc(N(c4ccccc4)c4cc5cccc6c7cccc8cccc(c(c4)c56)c87)cc3)cc2)c2cc3cccc4c5cccc6cccc(c(c2)c34)c65)cc1.c1ccc(N(c2ccc(-c3ccc(N(c4ccccc4)c4ccc5cc6cc7ccccc7cc6cc5c4)cc3)cc2)c2ccc3cc4cc5ccccc5cc4cc3c2)cc1. The summed E-state index contributed by atoms with van der Waals surface area (Å²) < 4.78 is 0. The Kier molecular flexibility index (Phi) is 17.6. The summed E-state index contributed by atoms with van der Waals surface area (Å²) >= 11 is 0. The lowest BCUT2D eigenvalue weighted by molar-refractivity contribution is 1.28. The van der Waals surface area contributed by atoms with Crippen molar-refractivity contribution in [2.75, 3.05) is 19.6 Å². The molecular formula is C124H80N4. The lowest BCUT2D eigenvalue weighted by atomic mass is 9.89. The number of para-hydroxylation sites is 4. The zero-order valence-corrected chi connectivity index (χ0v) is 70.0. The van der Waals surface area contributed by atoms with Crippen molar-refractivity contribution in [3.05, 3.63) is 485 Å². The van der Waals surface area contributed by atoms with Crippen LogP contribution in [-0.2, 0) is 0 Å². The van der Waals surface area contributed by atoms with E-state index in [-0.39, 0.29) is 0 Å². The van der Waals surface area contributed by atoms with Gasteiger partial charge in [-0.3, -0.25) is 0 Å². The van der Waals surface area contributed by atoms with E-state index in [2.05, 4.69) is 505 Å². The molecule has 128 heavy (non-hydrogen) atoms. The van der Waals surface area contributed by atoms with Crippen LogP contribution in [0.5, 0.6) is 0 Å². The monoisotopic (exact) mass is 1620 g/mol. The van der Waals surface area contributed by atoms with Crippen LogP contribution in [-0.4, -0.2) is 0 Å². The second-order valence-corrected chi connectivity index (χ2v) is 33.9. The Labute approximate surface area is 741 Å². The number of benzene rings is 26. The summed E-state index contributed by atoms with van der Waals surface area (Å²) in [4.78, 5) is 9.49. The van der Waals surface area contributed by atoms with Crippen molar-refractivity contribution in [1.29, 1.82) is 0 Å². The minimum Gasteiger partial charge on any atom is -0.310 e. The maximum absolute atomic E-state index is 2.40. The third-order valence-electron chi connectivity index (χ3n) is 26.4. The van der Waals surface area contributed by atoms with E-state index in [9.17, 15) is 0 Å². The zero-order valence-electron chi connectivity index (χ0n) is 70.0. The first-order chi connectivity index (χ1) is 63.4. The molecule has 0 radical (unpaired) electrons. The van der Waals surface area contributed by atoms with Crippen LogP contribution in [0.1, 0.15) is 0 Å². The van der Waals surface area contributed by atoms with Gasteiger partial charge in [0, 0.05) is 68.2 Å². The molecule has 0 aliphatic carbocycles. The summed E-state index contributed by atoms with van der Waals surface area (Å²) in [5.41, 5.74) is 18.1. The standard InChI is InChI=1S/C64H40N2.C60H40N2/c1-3-19-47(20-4-1)65(51-37-45-17-11-25-55-53-23-7-13-43-15-9-27-57(61(43)53)59(39-51)63(45)55)49-33-29-41(30-34-49)42-31-35-50(36-32-42)66(48-21-5-2-6-22-48)52-38-46-18-12-26-56-54-24-8-14-44-16-10-28-58(62(44)54)60(40-52)64(46)56;1-3-15-55(16-4-1)61(59-29-23-47-35-49-31-43-11-7-9-13-45(43)33-51(49)37-53(47)39-59)57-25-19-41(20-26-57)42-21-27-58(28-22-42)62(56-17-5-2-6-18-56)60-30-24-48-36-50-32-44-12-8-10-14-46(44)34-52(50)38-54(48)40-60/h1-40H;1-40H. The Morgan fingerprint density at radius 3 is 0.562 bits per heavy atom. The zero-order chi connectivity index (χ0) is 84.3. The Balaban J connectivity index is 0.000000139. The van der Waals surface area contributed by atoms with Gasteiger partial charge in [0.25, 0.3) is 0 Å². The van der Waals surface area contributed by atoms with E-state index >= 15 is 0 Å². The summed E-state index contributed by atoms with van der Waals surface area (Å²) in [6.45, 7) is 0. The third-order valence-corrected chi connectivity index (χ3v) is 26.4. The van der Waals surface area contributed by atoms with E-state index < -0.39 is 0 Å². The smallest absolute Gasteiger partial charge is 0.0474 e. The molecule has 0 atom stereocenters. The molecule has 0 unspecified atom stereocenters. The predicted molar refractivity (Wildman–Crippen MR) is 550 cm³/mol. The molecule has 0 aliphatic rings. The van der Waals surface area contributed by atoms with Crippen LogP contribution in [0.25, 0.3) is 173 Å². The largest absolute Gasteiger partial charge is 0.310 e. The van der Waals surface area contributed by atoms with Gasteiger partial charge in [-0.1, -0.05) is 291 Å². The normalized spacial score (nSPS) is 11.8. The first-order valence-corrected chi connectivity index (χ1v) is 44.1. The van der Waals surface area contributed by atoms with Crippen molar-refractivity contribution in [3.8, 4) is 22.3 Å². The fraction of sp³-hybridized carbons (Fsp3) is 0. The highest BCUT2D eigenvalue weighted by atomic mass is 15.2. The predicted octanol–water partition coefficient (Wildman–Crippen LogP) is 35.6. The highest BCUT2D eigenvalue weighted by Crippen LogP contribution is 2.50. The maximum Gasteiger partial charge on any atom is 0.0474 e. The summed E-state index contributed by atoms with van der Waals surface area (Å²) in [7, 11) is 0. The lowest BCUT2D eigenvalue weighted by Crippen LogP contribution is -2.10. The van der Waals surface area contributed by atoms with Crippen molar-refractivity contribution < 1.29 is 0 Å². The topological polar surface area (TPSA) is 13.0 Å². The van der Waals surface area contributed by atoms with E-state index in [0.29, 0.717) is 0 Å². The van der Waals surface area contributed by atoms with Crippen molar-refractivity contribution in [1.82, 2.24) is 0 Å². The second kappa shape index (κ2) is 30.5. The van der Waals surface area contributed by atoms with Gasteiger partial charge in [-0.05, 0) is 367 Å². The number of anilines is 12. The molecule has 0 aromatic heterocycles. The average molecular weight is 1630 g/mol. The van der Waals surface area contributed by atoms with E-state index in [1.165, 1.54) is 173 Å². The Hall–Kier alpha value is -16.9. The molecule has 0 N–H and O–H groups in total. The molecule has 26 rings (SSSR count). The van der Waals surface area contributed by atoms with Gasteiger partial charge >= 0.3 is 0 Å². The van der Waals surface area contributed by atoms with Gasteiger partial charge in [0.1, 0.15) is 0 Å². The van der Waals surface area contributed by atoms with Crippen LogP contribution in [0, 0.1) is 0 Å². The van der Waals surface area contributed by atoms with Gasteiger partial charge in [0.2, 0.25) is 0 Å². The first kappa shape index (κ1) is 73.8. The molecule has 0 fully saturated rings. The summed E-state index contributed by atoms with van der Waals surface area (Å²) in [6.07, 6.45) is 0. The van der Waals surface area contributed by atoms with Gasteiger partial charge in [-0.15, -0.1) is 0 Å². The maximum atomic E-state index is 2.40. The molecule has 4 nitrogen and oxygen atoms in total. The van der Waals surface area contributed by atoms with Crippen LogP contribution in [0.4, 0.5) is 68.2 Å². The fourth-order valence-corrected chi connectivity index (χ4v) is 20.5. The lowest BCUT2D eigenvalue weighted by Gasteiger charge is -2.27. The van der Waals surface area contributed by atoms with E-state index in [1.54, 1.807) is 0 Å². The number of nitrogens with zero attached hydrogens (tertiary/aromatic N) is 4. The number of hydrogen-bond donors (Lipinski definition) is 0. The molecule has 26 aromatic rings. The van der Waals surface area contributed by atoms with Crippen molar-refractivity contribution in [2.24, 2.45) is 0 Å². The van der Waals surface area contributed by atoms with E-state index in [0.717, 1.165) is 68.2 Å². The van der Waals surface area contributed by atoms with Crippen LogP contribution >= 0.6 is 0 Å². The summed E-state index contributed by atoms with van der Waals surface area (Å²) in [6, 6.07) is 178. The number of rotatable bonds is 14. The number of fused-ring (bicyclic) bond motifs is 10. The molecule has 0 saturated carbocycles. The van der Waals surface area contributed by atoms with Crippen molar-refractivity contribution in [2.45, 2.75) is 0 Å². The first-order valence-electron chi connectivity index (χ1n) is 44.1. The Morgan fingerprint density at radius 2 is 0.281 bits per heavy atom. The van der Waals surface area contributed by atoms with Gasteiger partial charge in [0.05, 0.1) is 0 Å². The quantitative estimate of drug-likeness (QED) is 0.0795. The summed E-state index contributed by atoms with van der Waals surface area (Å²) in [5.74, 6) is 0. The molecule has 0 saturated heterocycles. The van der Waals surface area contributed by atoms with Gasteiger partial charge < -0.3 is 19.6 Å². The molecular weight excluding hydrogens is 1550 g/mol. The second-order valence-electron chi connectivity index (χ2n) is 33.9. The molecule has 0 spiro atoms. The van der Waals surface area contributed by atoms with Gasteiger partial charge in [0.15, 0.2) is 0 Å². The molecule has 0 bridgehead atoms. The molecule has 0 heterocycles. The van der Waals surface area contributed by atoms with E-state index in [1.807, 2.05) is 0 Å².